The largest absolute Gasteiger partial charge is 0.394 e. The lowest BCUT2D eigenvalue weighted by molar-refractivity contribution is -0.327. The Morgan fingerprint density at radius 1 is 1.10 bits per heavy atom. The minimum absolute atomic E-state index is 0.0260. The summed E-state index contributed by atoms with van der Waals surface area (Å²) >= 11 is 0. The predicted molar refractivity (Wildman–Crippen MR) is 102 cm³/mol. The zero-order chi connectivity index (χ0) is 21.1. The minimum Gasteiger partial charge on any atom is -0.394 e. The van der Waals surface area contributed by atoms with Crippen molar-refractivity contribution >= 4 is 0 Å². The number of hydrogen-bond acceptors (Lipinski definition) is 8. The molecule has 3 aliphatic heterocycles. The second kappa shape index (κ2) is 7.53. The van der Waals surface area contributed by atoms with Gasteiger partial charge in [0.05, 0.1) is 30.0 Å². The van der Waals surface area contributed by atoms with Gasteiger partial charge in [-0.2, -0.15) is 0 Å². The SMILES string of the molecule is CC(C)(O[C@@H]1O[C@H](CO)[C@@H](O)[C@H](O)[C@H]1O)[C@H]1C=C2C(CC1)[C@H]1O[C@]2(C)CC[C@@H]1O. The summed E-state index contributed by atoms with van der Waals surface area (Å²) in [6, 6.07) is 0. The van der Waals surface area contributed by atoms with Gasteiger partial charge in [0.2, 0.25) is 0 Å². The maximum atomic E-state index is 10.3. The maximum absolute atomic E-state index is 10.3. The van der Waals surface area contributed by atoms with Crippen molar-refractivity contribution in [3.05, 3.63) is 11.6 Å². The Bertz CT molecular complexity index is 649. The third-order valence-electron chi connectivity index (χ3n) is 7.43. The molecular formula is C21H34O8. The van der Waals surface area contributed by atoms with Crippen molar-refractivity contribution in [1.82, 2.24) is 0 Å². The lowest BCUT2D eigenvalue weighted by Crippen LogP contribution is -2.60. The molecule has 0 spiro atoms. The summed E-state index contributed by atoms with van der Waals surface area (Å²) in [5.41, 5.74) is 0.143. The highest BCUT2D eigenvalue weighted by Gasteiger charge is 2.55. The van der Waals surface area contributed by atoms with E-state index in [1.165, 1.54) is 5.57 Å². The van der Waals surface area contributed by atoms with E-state index in [2.05, 4.69) is 13.0 Å². The van der Waals surface area contributed by atoms with E-state index in [0.717, 1.165) is 25.7 Å². The molecule has 0 radical (unpaired) electrons. The van der Waals surface area contributed by atoms with Gasteiger partial charge >= 0.3 is 0 Å². The zero-order valence-corrected chi connectivity index (χ0v) is 17.3. The molecule has 3 heterocycles. The number of aliphatic hydroxyl groups excluding tert-OH is 5. The van der Waals surface area contributed by atoms with E-state index in [0.29, 0.717) is 0 Å². The smallest absolute Gasteiger partial charge is 0.187 e. The summed E-state index contributed by atoms with van der Waals surface area (Å²) in [6.07, 6.45) is -1.55. The third-order valence-corrected chi connectivity index (χ3v) is 7.43. The Balaban J connectivity index is 1.52. The second-order valence-electron chi connectivity index (χ2n) is 9.75. The van der Waals surface area contributed by atoms with Crippen molar-refractivity contribution in [2.75, 3.05) is 6.61 Å². The third kappa shape index (κ3) is 3.57. The monoisotopic (exact) mass is 414 g/mol. The topological polar surface area (TPSA) is 129 Å². The van der Waals surface area contributed by atoms with Crippen molar-refractivity contribution in [2.24, 2.45) is 11.8 Å². The Hall–Kier alpha value is -0.580. The van der Waals surface area contributed by atoms with Gasteiger partial charge in [-0.05, 0) is 52.0 Å². The molecule has 0 amide bonds. The number of hydrogen-bond donors (Lipinski definition) is 5. The summed E-state index contributed by atoms with van der Waals surface area (Å²) in [5.74, 6) is 0.245. The molecular weight excluding hydrogens is 380 g/mol. The molecule has 10 atom stereocenters. The highest BCUT2D eigenvalue weighted by molar-refractivity contribution is 5.31. The quantitative estimate of drug-likeness (QED) is 0.402. The molecule has 0 aromatic rings. The molecule has 1 aliphatic carbocycles. The lowest BCUT2D eigenvalue weighted by Gasteiger charge is -2.45. The van der Waals surface area contributed by atoms with Crippen LogP contribution >= 0.6 is 0 Å². The average molecular weight is 414 g/mol. The molecule has 4 rings (SSSR count). The first-order valence-corrected chi connectivity index (χ1v) is 10.6. The lowest BCUT2D eigenvalue weighted by atomic mass is 9.72. The molecule has 29 heavy (non-hydrogen) atoms. The van der Waals surface area contributed by atoms with Crippen molar-refractivity contribution < 1.29 is 39.7 Å². The maximum Gasteiger partial charge on any atom is 0.187 e. The molecule has 8 nitrogen and oxygen atoms in total. The van der Waals surface area contributed by atoms with E-state index < -0.39 is 49.0 Å². The van der Waals surface area contributed by atoms with Crippen LogP contribution in [-0.4, -0.2) is 86.3 Å². The van der Waals surface area contributed by atoms with E-state index in [1.807, 2.05) is 13.8 Å². The summed E-state index contributed by atoms with van der Waals surface area (Å²) in [4.78, 5) is 0. The number of ether oxygens (including phenoxy) is 3. The first-order valence-electron chi connectivity index (χ1n) is 10.6. The Morgan fingerprint density at radius 2 is 1.83 bits per heavy atom. The van der Waals surface area contributed by atoms with Gasteiger partial charge in [0.15, 0.2) is 6.29 Å². The van der Waals surface area contributed by atoms with Crippen LogP contribution in [0, 0.1) is 11.8 Å². The number of fused-ring (bicyclic) bond motifs is 5. The minimum atomic E-state index is -1.46. The highest BCUT2D eigenvalue weighted by atomic mass is 16.7. The molecule has 5 N–H and O–H groups in total. The highest BCUT2D eigenvalue weighted by Crippen LogP contribution is 2.54. The summed E-state index contributed by atoms with van der Waals surface area (Å²) in [5, 5.41) is 50.0. The molecule has 166 valence electrons. The van der Waals surface area contributed by atoms with Gasteiger partial charge in [0.25, 0.3) is 0 Å². The molecule has 3 fully saturated rings. The molecule has 3 saturated heterocycles. The Kier molecular flexibility index (Phi) is 5.62. The van der Waals surface area contributed by atoms with Crippen LogP contribution in [0.4, 0.5) is 0 Å². The van der Waals surface area contributed by atoms with Crippen LogP contribution in [0.5, 0.6) is 0 Å². The van der Waals surface area contributed by atoms with Crippen molar-refractivity contribution in [1.29, 1.82) is 0 Å². The first kappa shape index (κ1) is 21.6. The van der Waals surface area contributed by atoms with Gasteiger partial charge in [0.1, 0.15) is 24.4 Å². The van der Waals surface area contributed by atoms with Gasteiger partial charge in [-0.1, -0.05) is 6.08 Å². The van der Waals surface area contributed by atoms with Crippen molar-refractivity contribution in [2.45, 2.75) is 101 Å². The number of aliphatic hydroxyl groups is 5. The average Bonchev–Trinajstić information content (AvgIpc) is 2.94. The normalized spacial score (nSPS) is 50.2. The van der Waals surface area contributed by atoms with E-state index in [9.17, 15) is 25.5 Å². The standard InChI is InChI=1S/C21H34O8/c1-20(2,29-19-17(26)16(25)15(24)14(9-22)27-19)10-4-5-11-12(8-10)21(3)7-6-13(23)18(11)28-21/h8,10-11,13-19,22-26H,4-7,9H2,1-3H3/t10-,11?,13+,14-,15-,16+,17-,18-,19+,21-/m1/s1. The molecule has 0 aromatic heterocycles. The molecule has 1 unspecified atom stereocenters. The summed E-state index contributed by atoms with van der Waals surface area (Å²) in [7, 11) is 0. The van der Waals surface area contributed by atoms with E-state index in [-0.39, 0.29) is 23.5 Å². The van der Waals surface area contributed by atoms with Crippen LogP contribution in [-0.2, 0) is 14.2 Å². The van der Waals surface area contributed by atoms with Gasteiger partial charge in [0, 0.05) is 11.8 Å². The van der Waals surface area contributed by atoms with Crippen LogP contribution in [0.1, 0.15) is 46.5 Å². The number of rotatable bonds is 4. The van der Waals surface area contributed by atoms with E-state index >= 15 is 0 Å². The van der Waals surface area contributed by atoms with Gasteiger partial charge in [-0.3, -0.25) is 0 Å². The molecule has 0 aromatic carbocycles. The molecule has 0 saturated carbocycles. The predicted octanol–water partition coefficient (Wildman–Crippen LogP) is -0.154. The van der Waals surface area contributed by atoms with E-state index in [4.69, 9.17) is 14.2 Å². The first-order chi connectivity index (χ1) is 13.6. The molecule has 2 bridgehead atoms. The van der Waals surface area contributed by atoms with Gasteiger partial charge in [-0.25, -0.2) is 0 Å². The Morgan fingerprint density at radius 3 is 2.52 bits per heavy atom. The van der Waals surface area contributed by atoms with Crippen molar-refractivity contribution in [3.63, 3.8) is 0 Å². The fourth-order valence-corrected chi connectivity index (χ4v) is 5.54. The fraction of sp³-hybridized carbons (Fsp3) is 0.905. The van der Waals surface area contributed by atoms with Crippen LogP contribution in [0.15, 0.2) is 11.6 Å². The summed E-state index contributed by atoms with van der Waals surface area (Å²) < 4.78 is 17.9. The van der Waals surface area contributed by atoms with Crippen LogP contribution < -0.4 is 0 Å². The van der Waals surface area contributed by atoms with Crippen LogP contribution in [0.25, 0.3) is 0 Å². The van der Waals surface area contributed by atoms with E-state index in [1.54, 1.807) is 0 Å². The fourth-order valence-electron chi connectivity index (χ4n) is 5.54. The van der Waals surface area contributed by atoms with Gasteiger partial charge < -0.3 is 39.7 Å². The molecule has 4 aliphatic rings. The summed E-state index contributed by atoms with van der Waals surface area (Å²) in [6.45, 7) is 5.43. The van der Waals surface area contributed by atoms with Crippen molar-refractivity contribution in [3.8, 4) is 0 Å². The van der Waals surface area contributed by atoms with Gasteiger partial charge in [-0.15, -0.1) is 0 Å². The zero-order valence-electron chi connectivity index (χ0n) is 17.3. The van der Waals surface area contributed by atoms with Crippen LogP contribution in [0.3, 0.4) is 0 Å². The Labute approximate surface area is 171 Å². The second-order valence-corrected chi connectivity index (χ2v) is 9.75. The molecule has 8 heteroatoms. The van der Waals surface area contributed by atoms with Crippen LogP contribution in [0.2, 0.25) is 0 Å².